The molecule has 0 heterocycles. The molecule has 0 atom stereocenters. The van der Waals surface area contributed by atoms with E-state index in [0.29, 0.717) is 6.07 Å². The van der Waals surface area contributed by atoms with E-state index in [1.54, 1.807) is 0 Å². The Bertz CT molecular complexity index is 684. The van der Waals surface area contributed by atoms with E-state index in [1.165, 1.54) is 18.2 Å². The molecule has 0 saturated heterocycles. The second-order valence-electron chi connectivity index (χ2n) is 4.25. The number of phenolic OH excluding ortho intramolecular Hbond substituents is 1. The zero-order valence-electron chi connectivity index (χ0n) is 10.5. The Hall–Kier alpha value is -1.85. The van der Waals surface area contributed by atoms with Crippen LogP contribution in [0.5, 0.6) is 5.75 Å². The van der Waals surface area contributed by atoms with Crippen molar-refractivity contribution < 1.29 is 18.7 Å². The van der Waals surface area contributed by atoms with Crippen molar-refractivity contribution in [1.29, 1.82) is 0 Å². The summed E-state index contributed by atoms with van der Waals surface area (Å²) < 4.78 is 26.2. The van der Waals surface area contributed by atoms with Crippen molar-refractivity contribution in [1.82, 2.24) is 0 Å². The molecule has 0 aliphatic heterocycles. The van der Waals surface area contributed by atoms with Crippen LogP contribution in [0.4, 0.5) is 14.5 Å². The van der Waals surface area contributed by atoms with Crippen molar-refractivity contribution in [2.45, 2.75) is 6.42 Å². The normalized spacial score (nSPS) is 10.5. The quantitative estimate of drug-likeness (QED) is 0.830. The maximum atomic E-state index is 13.4. The van der Waals surface area contributed by atoms with Crippen LogP contribution < -0.4 is 5.32 Å². The van der Waals surface area contributed by atoms with E-state index in [-0.39, 0.29) is 33.5 Å². The van der Waals surface area contributed by atoms with Crippen LogP contribution in [0.2, 0.25) is 10.0 Å². The van der Waals surface area contributed by atoms with Gasteiger partial charge in [0.1, 0.15) is 11.6 Å². The lowest BCUT2D eigenvalue weighted by Gasteiger charge is -2.08. The maximum absolute atomic E-state index is 13.4. The Labute approximate surface area is 129 Å². The van der Waals surface area contributed by atoms with E-state index < -0.39 is 17.5 Å². The van der Waals surface area contributed by atoms with Gasteiger partial charge in [-0.2, -0.15) is 0 Å². The summed E-state index contributed by atoms with van der Waals surface area (Å²) in [4.78, 5) is 11.8. The van der Waals surface area contributed by atoms with Gasteiger partial charge in [0.15, 0.2) is 5.75 Å². The number of hydrogen-bond donors (Lipinski definition) is 2. The average Bonchev–Trinajstić information content (AvgIpc) is 2.39. The molecule has 21 heavy (non-hydrogen) atoms. The zero-order chi connectivity index (χ0) is 15.6. The Balaban J connectivity index is 2.12. The van der Waals surface area contributed by atoms with Gasteiger partial charge in [0.05, 0.1) is 16.5 Å². The molecule has 0 radical (unpaired) electrons. The molecule has 0 aliphatic rings. The fourth-order valence-electron chi connectivity index (χ4n) is 1.68. The number of aromatic hydroxyl groups is 1. The van der Waals surface area contributed by atoms with Crippen LogP contribution in [-0.2, 0) is 11.2 Å². The molecule has 0 spiro atoms. The molecule has 2 aromatic carbocycles. The molecule has 0 bridgehead atoms. The highest BCUT2D eigenvalue weighted by molar-refractivity contribution is 6.37. The summed E-state index contributed by atoms with van der Waals surface area (Å²) in [6.45, 7) is 0. The Morgan fingerprint density at radius 2 is 1.76 bits per heavy atom. The second kappa shape index (κ2) is 6.28. The number of carbonyl (C=O) groups excluding carboxylic acids is 1. The van der Waals surface area contributed by atoms with E-state index in [1.807, 2.05) is 0 Å². The molecular formula is C14H9Cl2F2NO2. The summed E-state index contributed by atoms with van der Waals surface area (Å²) in [5, 5.41) is 11.8. The van der Waals surface area contributed by atoms with Gasteiger partial charge in [-0.25, -0.2) is 8.78 Å². The molecule has 2 N–H and O–H groups in total. The van der Waals surface area contributed by atoms with Crippen molar-refractivity contribution >= 4 is 34.8 Å². The summed E-state index contributed by atoms with van der Waals surface area (Å²) in [6, 6.07) is 5.58. The van der Waals surface area contributed by atoms with E-state index in [2.05, 4.69) is 5.32 Å². The standard InChI is InChI=1S/C14H9Cl2F2NO2/c15-10-5-9(6-11(16)14(10)21)19-13(20)3-7-1-2-8(17)4-12(7)18/h1-2,4-6,21H,3H2,(H,19,20). The molecule has 2 rings (SSSR count). The number of carbonyl (C=O) groups is 1. The Kier molecular flexibility index (Phi) is 4.65. The zero-order valence-corrected chi connectivity index (χ0v) is 12.0. The first-order valence-electron chi connectivity index (χ1n) is 5.78. The molecule has 2 aromatic rings. The highest BCUT2D eigenvalue weighted by Gasteiger charge is 2.12. The van der Waals surface area contributed by atoms with Gasteiger partial charge in [-0.15, -0.1) is 0 Å². The fraction of sp³-hybridized carbons (Fsp3) is 0.0714. The molecule has 0 aromatic heterocycles. The number of rotatable bonds is 3. The monoisotopic (exact) mass is 331 g/mol. The third kappa shape index (κ3) is 3.83. The minimum atomic E-state index is -0.799. The Morgan fingerprint density at radius 1 is 1.14 bits per heavy atom. The maximum Gasteiger partial charge on any atom is 0.228 e. The van der Waals surface area contributed by atoms with Gasteiger partial charge >= 0.3 is 0 Å². The number of phenols is 1. The molecule has 110 valence electrons. The molecule has 0 aliphatic carbocycles. The van der Waals surface area contributed by atoms with Crippen LogP contribution in [0, 0.1) is 11.6 Å². The van der Waals surface area contributed by atoms with E-state index in [0.717, 1.165) is 6.07 Å². The van der Waals surface area contributed by atoms with Crippen molar-refractivity contribution in [2.24, 2.45) is 0 Å². The van der Waals surface area contributed by atoms with Gasteiger partial charge in [0.25, 0.3) is 0 Å². The van der Waals surface area contributed by atoms with Crippen LogP contribution in [-0.4, -0.2) is 11.0 Å². The van der Waals surface area contributed by atoms with Gasteiger partial charge < -0.3 is 10.4 Å². The molecular weight excluding hydrogens is 323 g/mol. The van der Waals surface area contributed by atoms with Crippen molar-refractivity contribution in [3.63, 3.8) is 0 Å². The van der Waals surface area contributed by atoms with Gasteiger partial charge in [-0.1, -0.05) is 29.3 Å². The first-order valence-corrected chi connectivity index (χ1v) is 6.54. The number of nitrogens with one attached hydrogen (secondary N) is 1. The van der Waals surface area contributed by atoms with E-state index in [9.17, 15) is 18.7 Å². The van der Waals surface area contributed by atoms with E-state index in [4.69, 9.17) is 23.2 Å². The van der Waals surface area contributed by atoms with Gasteiger partial charge in [0.2, 0.25) is 5.91 Å². The second-order valence-corrected chi connectivity index (χ2v) is 5.06. The minimum Gasteiger partial charge on any atom is -0.505 e. The first kappa shape index (κ1) is 15.5. The van der Waals surface area contributed by atoms with Gasteiger partial charge in [-0.3, -0.25) is 4.79 Å². The van der Waals surface area contributed by atoms with Crippen molar-refractivity contribution in [2.75, 3.05) is 5.32 Å². The molecule has 7 heteroatoms. The smallest absolute Gasteiger partial charge is 0.228 e. The lowest BCUT2D eigenvalue weighted by molar-refractivity contribution is -0.115. The summed E-state index contributed by atoms with van der Waals surface area (Å²) >= 11 is 11.4. The fourth-order valence-corrected chi connectivity index (χ4v) is 2.17. The van der Waals surface area contributed by atoms with Crippen LogP contribution in [0.15, 0.2) is 30.3 Å². The number of hydrogen-bond acceptors (Lipinski definition) is 2. The number of halogens is 4. The summed E-state index contributed by atoms with van der Waals surface area (Å²) in [6.07, 6.45) is -0.276. The van der Waals surface area contributed by atoms with Crippen LogP contribution >= 0.6 is 23.2 Å². The highest BCUT2D eigenvalue weighted by atomic mass is 35.5. The number of benzene rings is 2. The third-order valence-electron chi connectivity index (χ3n) is 2.67. The predicted octanol–water partition coefficient (Wildman–Crippen LogP) is 4.16. The third-order valence-corrected chi connectivity index (χ3v) is 3.24. The largest absolute Gasteiger partial charge is 0.505 e. The number of anilines is 1. The van der Waals surface area contributed by atoms with Crippen LogP contribution in [0.1, 0.15) is 5.56 Å². The summed E-state index contributed by atoms with van der Waals surface area (Å²) in [5.74, 6) is -2.33. The van der Waals surface area contributed by atoms with Crippen LogP contribution in [0.25, 0.3) is 0 Å². The molecule has 0 fully saturated rings. The molecule has 3 nitrogen and oxygen atoms in total. The summed E-state index contributed by atoms with van der Waals surface area (Å²) in [7, 11) is 0. The molecule has 1 amide bonds. The summed E-state index contributed by atoms with van der Waals surface area (Å²) in [5.41, 5.74) is 0.320. The highest BCUT2D eigenvalue weighted by Crippen LogP contribution is 2.34. The van der Waals surface area contributed by atoms with E-state index >= 15 is 0 Å². The van der Waals surface area contributed by atoms with Crippen LogP contribution in [0.3, 0.4) is 0 Å². The lowest BCUT2D eigenvalue weighted by Crippen LogP contribution is -2.15. The minimum absolute atomic E-state index is 0.0224. The predicted molar refractivity (Wildman–Crippen MR) is 76.8 cm³/mol. The van der Waals surface area contributed by atoms with Gasteiger partial charge in [-0.05, 0) is 23.8 Å². The van der Waals surface area contributed by atoms with Crippen molar-refractivity contribution in [3.8, 4) is 5.75 Å². The molecule has 0 unspecified atom stereocenters. The molecule has 0 saturated carbocycles. The average molecular weight is 332 g/mol. The SMILES string of the molecule is O=C(Cc1ccc(F)cc1F)Nc1cc(Cl)c(O)c(Cl)c1. The first-order chi connectivity index (χ1) is 9.86. The number of amides is 1. The van der Waals surface area contributed by atoms with Crippen molar-refractivity contribution in [3.05, 3.63) is 57.6 Å². The topological polar surface area (TPSA) is 49.3 Å². The van der Waals surface area contributed by atoms with Gasteiger partial charge in [0, 0.05) is 11.8 Å². The Morgan fingerprint density at radius 3 is 2.33 bits per heavy atom. The lowest BCUT2D eigenvalue weighted by atomic mass is 10.1.